The van der Waals surface area contributed by atoms with Crippen LogP contribution in [0, 0.1) is 17.8 Å². The minimum Gasteiger partial charge on any atom is -0.317 e. The number of nitrogens with one attached hydrogen (secondary N) is 2. The lowest BCUT2D eigenvalue weighted by Gasteiger charge is -2.31. The van der Waals surface area contributed by atoms with Crippen LogP contribution in [0.3, 0.4) is 0 Å². The first-order valence-electron chi connectivity index (χ1n) is 7.48. The molecule has 5 nitrogen and oxygen atoms in total. The Hall–Kier alpha value is -0.170. The zero-order chi connectivity index (χ0) is 13.9. The van der Waals surface area contributed by atoms with Gasteiger partial charge in [0.2, 0.25) is 0 Å². The van der Waals surface area contributed by atoms with Gasteiger partial charge < -0.3 is 5.32 Å². The highest BCUT2D eigenvalue weighted by molar-refractivity contribution is 7.87. The van der Waals surface area contributed by atoms with Gasteiger partial charge in [0.15, 0.2) is 0 Å². The molecule has 6 heteroatoms. The normalized spacial score (nSPS) is 29.6. The fourth-order valence-corrected chi connectivity index (χ4v) is 3.99. The van der Waals surface area contributed by atoms with E-state index in [9.17, 15) is 8.42 Å². The molecule has 1 saturated heterocycles. The van der Waals surface area contributed by atoms with Gasteiger partial charge in [-0.15, -0.1) is 0 Å². The molecule has 0 bridgehead atoms. The monoisotopic (exact) mass is 289 g/mol. The molecule has 2 unspecified atom stereocenters. The molecule has 2 rings (SSSR count). The average molecular weight is 289 g/mol. The first kappa shape index (κ1) is 15.2. The fourth-order valence-electron chi connectivity index (χ4n) is 2.69. The van der Waals surface area contributed by atoms with Crippen LogP contribution in [0.5, 0.6) is 0 Å². The second-order valence-corrected chi connectivity index (χ2v) is 7.73. The van der Waals surface area contributed by atoms with E-state index in [-0.39, 0.29) is 0 Å². The van der Waals surface area contributed by atoms with Crippen molar-refractivity contribution >= 4 is 10.2 Å². The van der Waals surface area contributed by atoms with Crippen molar-refractivity contribution in [3.8, 4) is 0 Å². The van der Waals surface area contributed by atoms with Crippen molar-refractivity contribution in [1.29, 1.82) is 0 Å². The van der Waals surface area contributed by atoms with Crippen molar-refractivity contribution in [2.75, 3.05) is 32.7 Å². The number of nitrogens with zero attached hydrogens (tertiary/aromatic N) is 1. The van der Waals surface area contributed by atoms with Gasteiger partial charge in [-0.1, -0.05) is 13.8 Å². The van der Waals surface area contributed by atoms with Gasteiger partial charge in [0.05, 0.1) is 0 Å². The molecule has 0 aromatic carbocycles. The van der Waals surface area contributed by atoms with Crippen LogP contribution in [0.1, 0.15) is 33.1 Å². The highest BCUT2D eigenvalue weighted by Gasteiger charge is 2.34. The Labute approximate surface area is 117 Å². The summed E-state index contributed by atoms with van der Waals surface area (Å²) < 4.78 is 28.7. The second kappa shape index (κ2) is 6.52. The molecule has 19 heavy (non-hydrogen) atoms. The minimum absolute atomic E-state index is 0.557. The lowest BCUT2D eigenvalue weighted by atomic mass is 9.98. The summed E-state index contributed by atoms with van der Waals surface area (Å²) >= 11 is 0. The molecule has 1 aliphatic carbocycles. The quantitative estimate of drug-likeness (QED) is 0.729. The maximum Gasteiger partial charge on any atom is 0.279 e. The van der Waals surface area contributed by atoms with Gasteiger partial charge in [0, 0.05) is 19.6 Å². The van der Waals surface area contributed by atoms with Crippen molar-refractivity contribution in [2.45, 2.75) is 33.1 Å². The molecular weight excluding hydrogens is 262 g/mol. The summed E-state index contributed by atoms with van der Waals surface area (Å²) in [6.07, 6.45) is 3.09. The van der Waals surface area contributed by atoms with Crippen molar-refractivity contribution in [2.24, 2.45) is 17.8 Å². The minimum atomic E-state index is -3.24. The Morgan fingerprint density at radius 1 is 1.21 bits per heavy atom. The van der Waals surface area contributed by atoms with Gasteiger partial charge >= 0.3 is 0 Å². The number of piperidine rings is 1. The molecule has 112 valence electrons. The van der Waals surface area contributed by atoms with Crippen molar-refractivity contribution in [1.82, 2.24) is 14.3 Å². The van der Waals surface area contributed by atoms with E-state index < -0.39 is 10.2 Å². The van der Waals surface area contributed by atoms with Gasteiger partial charge in [0.1, 0.15) is 0 Å². The predicted octanol–water partition coefficient (Wildman–Crippen LogP) is 0.798. The standard InChI is InChI=1S/C13H27N3O2S/c1-3-14-9-12-4-6-16(7-5-12)19(17,18)15-10-13-8-11(13)2/h11-15H,3-10H2,1-2H3. The maximum absolute atomic E-state index is 12.1. The summed E-state index contributed by atoms with van der Waals surface area (Å²) in [7, 11) is -3.24. The zero-order valence-electron chi connectivity index (χ0n) is 12.1. The van der Waals surface area contributed by atoms with Crippen LogP contribution in [0.4, 0.5) is 0 Å². The van der Waals surface area contributed by atoms with Crippen LogP contribution in [0.15, 0.2) is 0 Å². The third-order valence-electron chi connectivity index (χ3n) is 4.40. The number of hydrogen-bond donors (Lipinski definition) is 2. The van der Waals surface area contributed by atoms with E-state index in [1.165, 1.54) is 0 Å². The highest BCUT2D eigenvalue weighted by Crippen LogP contribution is 2.37. The highest BCUT2D eigenvalue weighted by atomic mass is 32.2. The first-order valence-corrected chi connectivity index (χ1v) is 8.92. The zero-order valence-corrected chi connectivity index (χ0v) is 12.9. The SMILES string of the molecule is CCNCC1CCN(S(=O)(=O)NCC2CC2C)CC1. The molecule has 1 saturated carbocycles. The summed E-state index contributed by atoms with van der Waals surface area (Å²) in [4.78, 5) is 0. The van der Waals surface area contributed by atoms with Gasteiger partial charge in [0.25, 0.3) is 10.2 Å². The van der Waals surface area contributed by atoms with Crippen molar-refractivity contribution in [3.63, 3.8) is 0 Å². The first-order chi connectivity index (χ1) is 9.03. The lowest BCUT2D eigenvalue weighted by molar-refractivity contribution is 0.266. The van der Waals surface area contributed by atoms with E-state index in [0.29, 0.717) is 37.4 Å². The van der Waals surface area contributed by atoms with Gasteiger partial charge in [-0.05, 0) is 50.1 Å². The van der Waals surface area contributed by atoms with E-state index in [1.54, 1.807) is 4.31 Å². The van der Waals surface area contributed by atoms with E-state index in [1.807, 2.05) is 0 Å². The van der Waals surface area contributed by atoms with Crippen LogP contribution in [-0.4, -0.2) is 45.4 Å². The Morgan fingerprint density at radius 3 is 2.37 bits per heavy atom. The predicted molar refractivity (Wildman–Crippen MR) is 77.0 cm³/mol. The Balaban J connectivity index is 1.73. The molecule has 0 aromatic heterocycles. The third-order valence-corrected chi connectivity index (χ3v) is 5.98. The van der Waals surface area contributed by atoms with Crippen molar-refractivity contribution < 1.29 is 8.42 Å². The molecule has 0 aromatic rings. The number of hydrogen-bond acceptors (Lipinski definition) is 3. The topological polar surface area (TPSA) is 61.4 Å². The van der Waals surface area contributed by atoms with E-state index in [4.69, 9.17) is 0 Å². The number of rotatable bonds is 7. The van der Waals surface area contributed by atoms with E-state index in [0.717, 1.165) is 32.4 Å². The third kappa shape index (κ3) is 4.41. The van der Waals surface area contributed by atoms with Crippen LogP contribution in [0.2, 0.25) is 0 Å². The van der Waals surface area contributed by atoms with Crippen LogP contribution in [-0.2, 0) is 10.2 Å². The fraction of sp³-hybridized carbons (Fsp3) is 1.00. The van der Waals surface area contributed by atoms with E-state index in [2.05, 4.69) is 23.9 Å². The smallest absolute Gasteiger partial charge is 0.279 e. The second-order valence-electron chi connectivity index (χ2n) is 5.98. The molecular formula is C13H27N3O2S. The van der Waals surface area contributed by atoms with Gasteiger partial charge in [-0.3, -0.25) is 0 Å². The molecule has 0 spiro atoms. The molecule has 2 N–H and O–H groups in total. The molecule has 2 aliphatic rings. The van der Waals surface area contributed by atoms with Gasteiger partial charge in [-0.25, -0.2) is 4.72 Å². The summed E-state index contributed by atoms with van der Waals surface area (Å²) in [5.41, 5.74) is 0. The Morgan fingerprint density at radius 2 is 1.84 bits per heavy atom. The molecule has 2 fully saturated rings. The molecule has 1 aliphatic heterocycles. The Kier molecular flexibility index (Phi) is 5.22. The maximum atomic E-state index is 12.1. The largest absolute Gasteiger partial charge is 0.317 e. The molecule has 2 atom stereocenters. The summed E-state index contributed by atoms with van der Waals surface area (Å²) in [6.45, 7) is 8.20. The van der Waals surface area contributed by atoms with Crippen LogP contribution in [0.25, 0.3) is 0 Å². The summed E-state index contributed by atoms with van der Waals surface area (Å²) in [5, 5.41) is 3.34. The molecule has 1 heterocycles. The van der Waals surface area contributed by atoms with E-state index >= 15 is 0 Å². The summed E-state index contributed by atoms with van der Waals surface area (Å²) in [5.74, 6) is 1.87. The molecule has 0 amide bonds. The van der Waals surface area contributed by atoms with Gasteiger partial charge in [-0.2, -0.15) is 12.7 Å². The lowest BCUT2D eigenvalue weighted by Crippen LogP contribution is -2.46. The molecule has 0 radical (unpaired) electrons. The van der Waals surface area contributed by atoms with Crippen molar-refractivity contribution in [3.05, 3.63) is 0 Å². The van der Waals surface area contributed by atoms with Crippen LogP contribution < -0.4 is 10.0 Å². The Bertz CT molecular complexity index is 377. The summed E-state index contributed by atoms with van der Waals surface area (Å²) in [6, 6.07) is 0. The van der Waals surface area contributed by atoms with Crippen LogP contribution >= 0.6 is 0 Å². The average Bonchev–Trinajstić information content (AvgIpc) is 3.11.